The van der Waals surface area contributed by atoms with Gasteiger partial charge in [-0.1, -0.05) is 20.8 Å². The average molecular weight is 296 g/mol. The van der Waals surface area contributed by atoms with E-state index in [2.05, 4.69) is 57.0 Å². The Hall–Kier alpha value is -0.120. The Bertz CT molecular complexity index is 323. The fraction of sp³-hybridized carbons (Fsp3) is 1.00. The number of likely N-dealkylation sites (N-methyl/N-ethyl adjacent to an activating group) is 2. The summed E-state index contributed by atoms with van der Waals surface area (Å²) < 4.78 is 0. The lowest BCUT2D eigenvalue weighted by Gasteiger charge is -2.45. The molecule has 0 spiro atoms. The molecule has 4 atom stereocenters. The molecule has 3 nitrogen and oxygen atoms in total. The van der Waals surface area contributed by atoms with Gasteiger partial charge >= 0.3 is 0 Å². The third-order valence-electron chi connectivity index (χ3n) is 6.01. The van der Waals surface area contributed by atoms with E-state index in [1.54, 1.807) is 0 Å². The van der Waals surface area contributed by atoms with Crippen LogP contribution in [0.5, 0.6) is 0 Å². The van der Waals surface area contributed by atoms with Crippen molar-refractivity contribution < 1.29 is 0 Å². The minimum Gasteiger partial charge on any atom is -0.315 e. The topological polar surface area (TPSA) is 18.5 Å². The Kier molecular flexibility index (Phi) is 5.72. The average Bonchev–Trinajstić information content (AvgIpc) is 2.82. The zero-order valence-electron chi connectivity index (χ0n) is 15.2. The molecule has 1 aliphatic heterocycles. The van der Waals surface area contributed by atoms with Gasteiger partial charge in [0.15, 0.2) is 0 Å². The monoisotopic (exact) mass is 295 g/mol. The third kappa shape index (κ3) is 4.43. The van der Waals surface area contributed by atoms with E-state index in [0.717, 1.165) is 11.8 Å². The van der Waals surface area contributed by atoms with Crippen LogP contribution in [0, 0.1) is 17.3 Å². The molecule has 2 fully saturated rings. The molecule has 1 aliphatic carbocycles. The molecule has 0 aromatic carbocycles. The van der Waals surface area contributed by atoms with Crippen LogP contribution in [0.3, 0.4) is 0 Å². The van der Waals surface area contributed by atoms with E-state index in [1.165, 1.54) is 45.3 Å². The number of nitrogens with one attached hydrogen (secondary N) is 1. The number of rotatable bonds is 4. The summed E-state index contributed by atoms with van der Waals surface area (Å²) in [5.74, 6) is 1.73. The highest BCUT2D eigenvalue weighted by molar-refractivity contribution is 4.93. The second-order valence-corrected chi connectivity index (χ2v) is 8.70. The number of hydrogen-bond acceptors (Lipinski definition) is 3. The third-order valence-corrected chi connectivity index (χ3v) is 6.01. The zero-order chi connectivity index (χ0) is 15.6. The highest BCUT2D eigenvalue weighted by Gasteiger charge is 2.37. The Labute approximate surface area is 132 Å². The number of likely N-dealkylation sites (tertiary alicyclic amines) is 1. The molecule has 0 aromatic heterocycles. The molecule has 124 valence electrons. The first-order valence-corrected chi connectivity index (χ1v) is 8.87. The molecular weight excluding hydrogens is 258 g/mol. The van der Waals surface area contributed by atoms with Gasteiger partial charge in [0.2, 0.25) is 0 Å². The maximum Gasteiger partial charge on any atom is 0.0249 e. The summed E-state index contributed by atoms with van der Waals surface area (Å²) >= 11 is 0. The van der Waals surface area contributed by atoms with E-state index >= 15 is 0 Å². The summed E-state index contributed by atoms with van der Waals surface area (Å²) in [5.41, 5.74) is 0.450. The maximum atomic E-state index is 3.59. The molecule has 0 amide bonds. The molecule has 1 saturated heterocycles. The van der Waals surface area contributed by atoms with Gasteiger partial charge in [-0.05, 0) is 70.6 Å². The fourth-order valence-electron chi connectivity index (χ4n) is 4.48. The van der Waals surface area contributed by atoms with E-state index in [4.69, 9.17) is 0 Å². The van der Waals surface area contributed by atoms with Crippen LogP contribution in [-0.4, -0.2) is 62.7 Å². The van der Waals surface area contributed by atoms with Crippen molar-refractivity contribution in [2.24, 2.45) is 17.3 Å². The van der Waals surface area contributed by atoms with Gasteiger partial charge in [0, 0.05) is 25.2 Å². The fourth-order valence-corrected chi connectivity index (χ4v) is 4.48. The smallest absolute Gasteiger partial charge is 0.0249 e. The van der Waals surface area contributed by atoms with E-state index < -0.39 is 0 Å². The Morgan fingerprint density at radius 3 is 2.43 bits per heavy atom. The van der Waals surface area contributed by atoms with Crippen LogP contribution in [0.15, 0.2) is 0 Å². The van der Waals surface area contributed by atoms with E-state index in [0.29, 0.717) is 17.5 Å². The van der Waals surface area contributed by atoms with E-state index in [-0.39, 0.29) is 0 Å². The number of hydrogen-bond donors (Lipinski definition) is 1. The molecule has 0 radical (unpaired) electrons. The minimum absolute atomic E-state index is 0.450. The predicted octanol–water partition coefficient (Wildman–Crippen LogP) is 2.67. The highest BCUT2D eigenvalue weighted by Crippen LogP contribution is 2.39. The second-order valence-electron chi connectivity index (χ2n) is 8.70. The van der Waals surface area contributed by atoms with Gasteiger partial charge < -0.3 is 15.1 Å². The van der Waals surface area contributed by atoms with Crippen molar-refractivity contribution in [2.45, 2.75) is 58.5 Å². The quantitative estimate of drug-likeness (QED) is 0.860. The van der Waals surface area contributed by atoms with Crippen molar-refractivity contribution in [3.63, 3.8) is 0 Å². The molecule has 2 rings (SSSR count). The van der Waals surface area contributed by atoms with Gasteiger partial charge in [-0.3, -0.25) is 0 Å². The Morgan fingerprint density at radius 1 is 1.19 bits per heavy atom. The summed E-state index contributed by atoms with van der Waals surface area (Å²) in [6.45, 7) is 11.1. The summed E-state index contributed by atoms with van der Waals surface area (Å²) in [4.78, 5) is 5.15. The Morgan fingerprint density at radius 2 is 1.90 bits per heavy atom. The van der Waals surface area contributed by atoms with E-state index in [1.807, 2.05) is 0 Å². The van der Waals surface area contributed by atoms with Crippen LogP contribution in [0.25, 0.3) is 0 Å². The second kappa shape index (κ2) is 6.97. The van der Waals surface area contributed by atoms with Crippen molar-refractivity contribution in [1.29, 1.82) is 0 Å². The molecule has 1 saturated carbocycles. The van der Waals surface area contributed by atoms with Crippen molar-refractivity contribution in [3.05, 3.63) is 0 Å². The van der Waals surface area contributed by atoms with Gasteiger partial charge in [-0.2, -0.15) is 0 Å². The summed E-state index contributed by atoms with van der Waals surface area (Å²) in [6.07, 6.45) is 5.44. The van der Waals surface area contributed by atoms with Crippen molar-refractivity contribution >= 4 is 0 Å². The molecule has 1 heterocycles. The van der Waals surface area contributed by atoms with Crippen molar-refractivity contribution in [1.82, 2.24) is 15.1 Å². The highest BCUT2D eigenvalue weighted by atomic mass is 15.2. The van der Waals surface area contributed by atoms with Crippen molar-refractivity contribution in [2.75, 3.05) is 40.8 Å². The lowest BCUT2D eigenvalue weighted by molar-refractivity contribution is 0.0672. The molecule has 4 unspecified atom stereocenters. The largest absolute Gasteiger partial charge is 0.315 e. The minimum atomic E-state index is 0.450. The SMILES string of the molecule is CNC1CCC(C(C)(C)C)CC1N(C)CC1CCN(C)C1. The molecule has 21 heavy (non-hydrogen) atoms. The van der Waals surface area contributed by atoms with Crippen LogP contribution in [0.1, 0.15) is 46.5 Å². The van der Waals surface area contributed by atoms with Gasteiger partial charge in [-0.25, -0.2) is 0 Å². The predicted molar refractivity (Wildman–Crippen MR) is 91.7 cm³/mol. The van der Waals surface area contributed by atoms with Gasteiger partial charge in [0.1, 0.15) is 0 Å². The summed E-state index contributed by atoms with van der Waals surface area (Å²) in [5, 5.41) is 3.59. The van der Waals surface area contributed by atoms with Gasteiger partial charge in [0.05, 0.1) is 0 Å². The van der Waals surface area contributed by atoms with E-state index in [9.17, 15) is 0 Å². The Balaban J connectivity index is 1.96. The maximum absolute atomic E-state index is 3.59. The molecular formula is C18H37N3. The van der Waals surface area contributed by atoms with Gasteiger partial charge in [-0.15, -0.1) is 0 Å². The van der Waals surface area contributed by atoms with Crippen LogP contribution in [-0.2, 0) is 0 Å². The lowest BCUT2D eigenvalue weighted by Crippen LogP contribution is -2.53. The van der Waals surface area contributed by atoms with Gasteiger partial charge in [0.25, 0.3) is 0 Å². The lowest BCUT2D eigenvalue weighted by atomic mass is 9.69. The first kappa shape index (κ1) is 17.2. The first-order chi connectivity index (χ1) is 9.81. The summed E-state index contributed by atoms with van der Waals surface area (Å²) in [6, 6.07) is 1.38. The molecule has 3 heteroatoms. The van der Waals surface area contributed by atoms with Crippen LogP contribution >= 0.6 is 0 Å². The van der Waals surface area contributed by atoms with Crippen LogP contribution in [0.4, 0.5) is 0 Å². The molecule has 0 bridgehead atoms. The number of nitrogens with zero attached hydrogens (tertiary/aromatic N) is 2. The van der Waals surface area contributed by atoms with Crippen LogP contribution in [0.2, 0.25) is 0 Å². The molecule has 0 aromatic rings. The zero-order valence-corrected chi connectivity index (χ0v) is 15.2. The first-order valence-electron chi connectivity index (χ1n) is 8.87. The van der Waals surface area contributed by atoms with Crippen LogP contribution < -0.4 is 5.32 Å². The summed E-state index contributed by atoms with van der Waals surface area (Å²) in [7, 11) is 6.76. The standard InChI is InChI=1S/C18H37N3/c1-18(2,3)15-7-8-16(19-4)17(11-15)21(6)13-14-9-10-20(5)12-14/h14-17,19H,7-13H2,1-6H3. The molecule has 2 aliphatic rings. The molecule has 1 N–H and O–H groups in total. The van der Waals surface area contributed by atoms with Crippen molar-refractivity contribution in [3.8, 4) is 0 Å². The normalized spacial score (nSPS) is 35.6.